The SMILES string of the molecule is C=CC(=O)Nc1cc(Nc2cc(N3OCCC3c3ccc(F)cc3)ncn2)c(OC)cc1N1CCC(N2CCC(N(C)C)C2)CC1. The van der Waals surface area contributed by atoms with Crippen LogP contribution >= 0.6 is 0 Å². The predicted molar refractivity (Wildman–Crippen MR) is 178 cm³/mol. The number of benzene rings is 2. The van der Waals surface area contributed by atoms with Crippen molar-refractivity contribution in [1.82, 2.24) is 19.8 Å². The Morgan fingerprint density at radius 2 is 1.85 bits per heavy atom. The predicted octanol–water partition coefficient (Wildman–Crippen LogP) is 4.98. The van der Waals surface area contributed by atoms with E-state index in [0.29, 0.717) is 47.5 Å². The van der Waals surface area contributed by atoms with Gasteiger partial charge in [0.15, 0.2) is 5.82 Å². The van der Waals surface area contributed by atoms with E-state index < -0.39 is 0 Å². The van der Waals surface area contributed by atoms with Crippen LogP contribution in [0.1, 0.15) is 37.3 Å². The highest BCUT2D eigenvalue weighted by Gasteiger charge is 2.33. The standard InChI is InChI=1S/C34H43FN8O3/c1-5-34(44)39-27-18-28(31(45-4)19-30(27)41-14-10-25(11-15-41)42-16-12-26(21-42)40(2)3)38-32-20-33(37-22-36-32)43-29(13-17-46-43)23-6-8-24(35)9-7-23/h5-9,18-20,22,25-26,29H,1,10-17,21H2,2-4H3,(H,39,44)(H,36,37,38). The van der Waals surface area contributed by atoms with Crippen LogP contribution in [0.25, 0.3) is 0 Å². The third-order valence-corrected chi connectivity index (χ3v) is 9.31. The highest BCUT2D eigenvalue weighted by molar-refractivity contribution is 6.02. The molecule has 12 heteroatoms. The summed E-state index contributed by atoms with van der Waals surface area (Å²) in [6.07, 6.45) is 6.80. The second-order valence-electron chi connectivity index (χ2n) is 12.3. The monoisotopic (exact) mass is 630 g/mol. The van der Waals surface area contributed by atoms with Crippen molar-refractivity contribution in [2.75, 3.05) is 74.6 Å². The fourth-order valence-electron chi connectivity index (χ4n) is 6.73. The molecule has 3 aromatic rings. The molecule has 3 aliphatic heterocycles. The summed E-state index contributed by atoms with van der Waals surface area (Å²) in [5.41, 5.74) is 3.14. The third kappa shape index (κ3) is 6.93. The summed E-state index contributed by atoms with van der Waals surface area (Å²) in [6, 6.07) is 13.1. The zero-order valence-electron chi connectivity index (χ0n) is 26.8. The zero-order chi connectivity index (χ0) is 32.2. The van der Waals surface area contributed by atoms with Crippen LogP contribution in [0.5, 0.6) is 5.75 Å². The summed E-state index contributed by atoms with van der Waals surface area (Å²) in [5, 5.41) is 8.10. The molecule has 0 spiro atoms. The number of anilines is 5. The number of aromatic nitrogens is 2. The van der Waals surface area contributed by atoms with E-state index in [0.717, 1.165) is 56.7 Å². The van der Waals surface area contributed by atoms with E-state index in [1.807, 2.05) is 12.1 Å². The third-order valence-electron chi connectivity index (χ3n) is 9.31. The highest BCUT2D eigenvalue weighted by atomic mass is 19.1. The topological polar surface area (TPSA) is 98.3 Å². The average Bonchev–Trinajstić information content (AvgIpc) is 3.77. The number of nitrogens with zero attached hydrogens (tertiary/aromatic N) is 6. The van der Waals surface area contributed by atoms with E-state index in [4.69, 9.17) is 9.57 Å². The number of halogens is 1. The molecule has 2 aromatic carbocycles. The first-order chi connectivity index (χ1) is 22.3. The quantitative estimate of drug-likeness (QED) is 0.299. The minimum Gasteiger partial charge on any atom is -0.494 e. The van der Waals surface area contributed by atoms with Gasteiger partial charge in [-0.1, -0.05) is 18.7 Å². The van der Waals surface area contributed by atoms with E-state index in [2.05, 4.69) is 56.0 Å². The largest absolute Gasteiger partial charge is 0.494 e. The van der Waals surface area contributed by atoms with Crippen molar-refractivity contribution in [3.63, 3.8) is 0 Å². The number of ether oxygens (including phenoxy) is 1. The van der Waals surface area contributed by atoms with Crippen LogP contribution in [0.3, 0.4) is 0 Å². The summed E-state index contributed by atoms with van der Waals surface area (Å²) in [4.78, 5) is 34.7. The Morgan fingerprint density at radius 3 is 2.54 bits per heavy atom. The minimum atomic E-state index is -0.290. The lowest BCUT2D eigenvalue weighted by Gasteiger charge is -2.39. The molecule has 1 aromatic heterocycles. The van der Waals surface area contributed by atoms with Crippen molar-refractivity contribution in [3.05, 3.63) is 72.8 Å². The number of rotatable bonds is 10. The molecule has 244 valence electrons. The van der Waals surface area contributed by atoms with Crippen molar-refractivity contribution in [3.8, 4) is 5.75 Å². The van der Waals surface area contributed by atoms with E-state index in [9.17, 15) is 9.18 Å². The van der Waals surface area contributed by atoms with E-state index >= 15 is 0 Å². The molecule has 6 rings (SSSR count). The van der Waals surface area contributed by atoms with Crippen LogP contribution in [-0.2, 0) is 9.63 Å². The Hall–Kier alpha value is -4.26. The number of amides is 1. The number of piperidine rings is 1. The summed E-state index contributed by atoms with van der Waals surface area (Å²) < 4.78 is 19.4. The Labute approximate surface area is 269 Å². The first kappa shape index (κ1) is 31.7. The van der Waals surface area contributed by atoms with Crippen molar-refractivity contribution in [1.29, 1.82) is 0 Å². The van der Waals surface area contributed by atoms with Gasteiger partial charge in [0, 0.05) is 56.8 Å². The van der Waals surface area contributed by atoms with Gasteiger partial charge >= 0.3 is 0 Å². The van der Waals surface area contributed by atoms with Gasteiger partial charge < -0.3 is 25.2 Å². The number of hydrogen-bond donors (Lipinski definition) is 2. The molecule has 0 radical (unpaired) electrons. The Bertz CT molecular complexity index is 1530. The highest BCUT2D eigenvalue weighted by Crippen LogP contribution is 2.41. The maximum atomic E-state index is 13.6. The molecule has 11 nitrogen and oxygen atoms in total. The summed E-state index contributed by atoms with van der Waals surface area (Å²) in [6.45, 7) is 8.18. The maximum Gasteiger partial charge on any atom is 0.247 e. The molecule has 0 saturated carbocycles. The van der Waals surface area contributed by atoms with Gasteiger partial charge in [-0.25, -0.2) is 19.4 Å². The number of likely N-dealkylation sites (N-methyl/N-ethyl adjacent to an activating group) is 1. The first-order valence-electron chi connectivity index (χ1n) is 15.9. The van der Waals surface area contributed by atoms with Crippen LogP contribution in [0.2, 0.25) is 0 Å². The van der Waals surface area contributed by atoms with E-state index in [1.54, 1.807) is 30.4 Å². The molecule has 3 fully saturated rings. The lowest BCUT2D eigenvalue weighted by atomic mass is 10.0. The lowest BCUT2D eigenvalue weighted by Crippen LogP contribution is -2.45. The molecular formula is C34H43FN8O3. The second kappa shape index (κ2) is 14.0. The number of methoxy groups -OCH3 is 1. The van der Waals surface area contributed by atoms with Gasteiger partial charge in [-0.3, -0.25) is 14.5 Å². The summed E-state index contributed by atoms with van der Waals surface area (Å²) in [7, 11) is 5.96. The van der Waals surface area contributed by atoms with Gasteiger partial charge in [0.1, 0.15) is 23.7 Å². The molecule has 46 heavy (non-hydrogen) atoms. The number of carbonyl (C=O) groups is 1. The number of hydroxylamine groups is 1. The van der Waals surface area contributed by atoms with Crippen LogP contribution in [0.4, 0.5) is 33.1 Å². The number of likely N-dealkylation sites (tertiary alicyclic amines) is 1. The fourth-order valence-corrected chi connectivity index (χ4v) is 6.73. The van der Waals surface area contributed by atoms with Gasteiger partial charge in [0.25, 0.3) is 0 Å². The summed E-state index contributed by atoms with van der Waals surface area (Å²) in [5.74, 6) is 1.13. The molecule has 2 unspecified atom stereocenters. The molecule has 0 bridgehead atoms. The van der Waals surface area contributed by atoms with Gasteiger partial charge in [0.05, 0.1) is 36.8 Å². The smallest absolute Gasteiger partial charge is 0.247 e. The minimum absolute atomic E-state index is 0.109. The Morgan fingerprint density at radius 1 is 1.07 bits per heavy atom. The summed E-state index contributed by atoms with van der Waals surface area (Å²) >= 11 is 0. The molecule has 0 aliphatic carbocycles. The number of carbonyl (C=O) groups excluding carboxylic acids is 1. The molecule has 3 saturated heterocycles. The second-order valence-corrected chi connectivity index (χ2v) is 12.3. The average molecular weight is 631 g/mol. The maximum absolute atomic E-state index is 13.6. The van der Waals surface area contributed by atoms with Crippen LogP contribution < -0.4 is 25.3 Å². The van der Waals surface area contributed by atoms with Gasteiger partial charge in [-0.15, -0.1) is 0 Å². The van der Waals surface area contributed by atoms with Crippen molar-refractivity contribution in [2.24, 2.45) is 0 Å². The molecule has 4 heterocycles. The van der Waals surface area contributed by atoms with Crippen molar-refractivity contribution < 1.29 is 18.8 Å². The Balaban J connectivity index is 1.21. The van der Waals surface area contributed by atoms with Crippen molar-refractivity contribution >= 4 is 34.6 Å². The van der Waals surface area contributed by atoms with Crippen LogP contribution in [0, 0.1) is 5.82 Å². The van der Waals surface area contributed by atoms with Gasteiger partial charge in [0.2, 0.25) is 5.91 Å². The molecule has 2 N–H and O–H groups in total. The van der Waals surface area contributed by atoms with Gasteiger partial charge in [-0.05, 0) is 63.2 Å². The molecular weight excluding hydrogens is 587 g/mol. The lowest BCUT2D eigenvalue weighted by molar-refractivity contribution is -0.111. The molecule has 2 atom stereocenters. The zero-order valence-corrected chi connectivity index (χ0v) is 26.8. The van der Waals surface area contributed by atoms with Gasteiger partial charge in [-0.2, -0.15) is 0 Å². The van der Waals surface area contributed by atoms with E-state index in [-0.39, 0.29) is 17.8 Å². The Kier molecular flexibility index (Phi) is 9.67. The van der Waals surface area contributed by atoms with Crippen LogP contribution in [-0.4, -0.2) is 91.7 Å². The first-order valence-corrected chi connectivity index (χ1v) is 15.9. The normalized spacial score (nSPS) is 20.7. The van der Waals surface area contributed by atoms with E-state index in [1.165, 1.54) is 31.0 Å². The fraction of sp³-hybridized carbons (Fsp3) is 0.441. The molecule has 3 aliphatic rings. The number of hydrogen-bond acceptors (Lipinski definition) is 10. The molecule has 1 amide bonds. The number of nitrogens with one attached hydrogen (secondary N) is 2. The van der Waals surface area contributed by atoms with Crippen molar-refractivity contribution in [2.45, 2.75) is 43.8 Å². The van der Waals surface area contributed by atoms with Crippen LogP contribution in [0.15, 0.2) is 61.4 Å².